The molecule has 2 aromatic rings. The lowest BCUT2D eigenvalue weighted by Gasteiger charge is -2.43. The SMILES string of the molecule is CC.C[C@]1(c2ccc(O)cc2)CSc2ccccc2C1CCCOCCCCCSCCCC(F)(F)C(F)(F)F. The first kappa shape index (κ1) is 34.7. The zero-order chi connectivity index (χ0) is 29.7. The molecule has 9 heteroatoms. The molecule has 226 valence electrons. The number of fused-ring (bicyclic) bond motifs is 1. The summed E-state index contributed by atoms with van der Waals surface area (Å²) in [4.78, 5) is 1.33. The minimum Gasteiger partial charge on any atom is -0.508 e. The summed E-state index contributed by atoms with van der Waals surface area (Å²) in [6.45, 7) is 7.65. The fourth-order valence-electron chi connectivity index (χ4n) is 4.89. The van der Waals surface area contributed by atoms with Gasteiger partial charge in [-0.25, -0.2) is 0 Å². The van der Waals surface area contributed by atoms with Crippen LogP contribution in [-0.4, -0.2) is 47.7 Å². The van der Waals surface area contributed by atoms with Gasteiger partial charge in [-0.3, -0.25) is 0 Å². The Morgan fingerprint density at radius 3 is 2.25 bits per heavy atom. The molecule has 0 saturated carbocycles. The largest absolute Gasteiger partial charge is 0.508 e. The van der Waals surface area contributed by atoms with E-state index in [0.29, 0.717) is 24.9 Å². The molecule has 2 atom stereocenters. The van der Waals surface area contributed by atoms with E-state index >= 15 is 0 Å². The normalized spacial score (nSPS) is 19.1. The molecular formula is C31H43F5O2S2. The molecule has 0 saturated heterocycles. The minimum absolute atomic E-state index is 0.0486. The number of phenols is 1. The number of ether oxygens (including phenoxy) is 1. The van der Waals surface area contributed by atoms with Crippen LogP contribution in [0.2, 0.25) is 0 Å². The van der Waals surface area contributed by atoms with Gasteiger partial charge in [-0.1, -0.05) is 57.5 Å². The molecular weight excluding hydrogens is 563 g/mol. The lowest BCUT2D eigenvalue weighted by Crippen LogP contribution is -2.36. The van der Waals surface area contributed by atoms with Crippen molar-refractivity contribution in [3.05, 3.63) is 59.7 Å². The third-order valence-corrected chi connectivity index (χ3v) is 9.75. The Hall–Kier alpha value is -1.45. The lowest BCUT2D eigenvalue weighted by atomic mass is 9.68. The Morgan fingerprint density at radius 2 is 1.55 bits per heavy atom. The molecule has 2 aromatic carbocycles. The quantitative estimate of drug-likeness (QED) is 0.161. The second-order valence-corrected chi connectivity index (χ2v) is 12.3. The average Bonchev–Trinajstić information content (AvgIpc) is 2.93. The van der Waals surface area contributed by atoms with Crippen LogP contribution in [0, 0.1) is 0 Å². The Morgan fingerprint density at radius 1 is 0.900 bits per heavy atom. The monoisotopic (exact) mass is 606 g/mol. The maximum atomic E-state index is 12.9. The van der Waals surface area contributed by atoms with Crippen molar-refractivity contribution in [2.24, 2.45) is 0 Å². The first-order valence-electron chi connectivity index (χ1n) is 14.2. The molecule has 0 amide bonds. The number of phenolic OH excluding ortho intramolecular Hbond substituents is 1. The van der Waals surface area contributed by atoms with Gasteiger partial charge in [-0.15, -0.1) is 11.8 Å². The third kappa shape index (κ3) is 10.1. The lowest BCUT2D eigenvalue weighted by molar-refractivity contribution is -0.284. The number of alkyl halides is 5. The first-order valence-corrected chi connectivity index (χ1v) is 16.3. The minimum atomic E-state index is -5.45. The van der Waals surface area contributed by atoms with Crippen molar-refractivity contribution in [3.63, 3.8) is 0 Å². The molecule has 1 N–H and O–H groups in total. The van der Waals surface area contributed by atoms with Gasteiger partial charge in [-0.05, 0) is 78.9 Å². The van der Waals surface area contributed by atoms with Gasteiger partial charge in [0.2, 0.25) is 0 Å². The van der Waals surface area contributed by atoms with Gasteiger partial charge in [0.05, 0.1) is 0 Å². The molecule has 2 nitrogen and oxygen atoms in total. The van der Waals surface area contributed by atoms with Gasteiger partial charge in [0, 0.05) is 35.7 Å². The summed E-state index contributed by atoms with van der Waals surface area (Å²) in [5, 5.41) is 9.76. The highest BCUT2D eigenvalue weighted by Gasteiger charge is 2.56. The van der Waals surface area contributed by atoms with Crippen LogP contribution in [0.4, 0.5) is 22.0 Å². The van der Waals surface area contributed by atoms with Crippen molar-refractivity contribution in [2.45, 2.75) is 94.0 Å². The smallest absolute Gasteiger partial charge is 0.453 e. The van der Waals surface area contributed by atoms with Crippen LogP contribution in [0.5, 0.6) is 5.75 Å². The van der Waals surface area contributed by atoms with E-state index in [1.807, 2.05) is 37.7 Å². The van der Waals surface area contributed by atoms with Crippen LogP contribution in [-0.2, 0) is 10.2 Å². The number of hydrogen-bond donors (Lipinski definition) is 1. The van der Waals surface area contributed by atoms with E-state index in [0.717, 1.165) is 43.6 Å². The number of rotatable bonds is 15. The number of benzene rings is 2. The number of hydrogen-bond acceptors (Lipinski definition) is 4. The molecule has 0 aliphatic carbocycles. The maximum Gasteiger partial charge on any atom is 0.453 e. The predicted octanol–water partition coefficient (Wildman–Crippen LogP) is 10.2. The van der Waals surface area contributed by atoms with Crippen molar-refractivity contribution in [3.8, 4) is 5.75 Å². The number of halogens is 5. The van der Waals surface area contributed by atoms with Gasteiger partial charge in [0.1, 0.15) is 5.75 Å². The standard InChI is InChI=1S/C29H37F5O2S2.C2H6/c1-27(22-12-14-23(35)15-13-22)21-38-26-11-4-3-9-24(26)25(27)10-7-18-36-17-5-2-6-19-37-20-8-16-28(30,31)29(32,33)34;1-2/h3-4,9,11-15,25,35H,2,5-8,10,16-21H2,1H3;1-2H3/t25?,27-;/m1./s1. The summed E-state index contributed by atoms with van der Waals surface area (Å²) in [5.74, 6) is -1.92. The van der Waals surface area contributed by atoms with Gasteiger partial charge >= 0.3 is 12.1 Å². The summed E-state index contributed by atoms with van der Waals surface area (Å²) >= 11 is 3.32. The molecule has 0 spiro atoms. The van der Waals surface area contributed by atoms with E-state index in [1.165, 1.54) is 27.8 Å². The van der Waals surface area contributed by atoms with Gasteiger partial charge in [0.15, 0.2) is 0 Å². The van der Waals surface area contributed by atoms with Gasteiger partial charge < -0.3 is 9.84 Å². The summed E-state index contributed by atoms with van der Waals surface area (Å²) in [7, 11) is 0. The van der Waals surface area contributed by atoms with E-state index in [-0.39, 0.29) is 17.6 Å². The Balaban J connectivity index is 0.00000274. The number of unbranched alkanes of at least 4 members (excludes halogenated alkanes) is 2. The van der Waals surface area contributed by atoms with Crippen LogP contribution < -0.4 is 0 Å². The maximum absolute atomic E-state index is 12.9. The molecule has 1 aliphatic rings. The Kier molecular flexibility index (Phi) is 14.6. The second-order valence-electron chi connectivity index (χ2n) is 10.1. The van der Waals surface area contributed by atoms with E-state index in [2.05, 4.69) is 31.2 Å². The molecule has 1 unspecified atom stereocenters. The van der Waals surface area contributed by atoms with Crippen LogP contribution in [0.1, 0.15) is 82.8 Å². The Labute approximate surface area is 244 Å². The fourth-order valence-corrected chi connectivity index (χ4v) is 7.22. The van der Waals surface area contributed by atoms with E-state index in [4.69, 9.17) is 4.74 Å². The molecule has 0 bridgehead atoms. The Bertz CT molecular complexity index is 984. The average molecular weight is 607 g/mol. The number of thioether (sulfide) groups is 2. The van der Waals surface area contributed by atoms with Crippen molar-refractivity contribution >= 4 is 23.5 Å². The van der Waals surface area contributed by atoms with Crippen LogP contribution in [0.3, 0.4) is 0 Å². The van der Waals surface area contributed by atoms with Crippen molar-refractivity contribution in [1.82, 2.24) is 0 Å². The van der Waals surface area contributed by atoms with Crippen LogP contribution >= 0.6 is 23.5 Å². The topological polar surface area (TPSA) is 29.5 Å². The first-order chi connectivity index (χ1) is 19.0. The van der Waals surface area contributed by atoms with Crippen molar-refractivity contribution in [1.29, 1.82) is 0 Å². The molecule has 0 aromatic heterocycles. The zero-order valence-electron chi connectivity index (χ0n) is 23.7. The van der Waals surface area contributed by atoms with Gasteiger partial charge in [-0.2, -0.15) is 33.7 Å². The highest BCUT2D eigenvalue weighted by atomic mass is 32.2. The predicted molar refractivity (Wildman–Crippen MR) is 158 cm³/mol. The second kappa shape index (κ2) is 16.9. The third-order valence-electron chi connectivity index (χ3n) is 7.17. The summed E-state index contributed by atoms with van der Waals surface area (Å²) in [6.07, 6.45) is -2.06. The van der Waals surface area contributed by atoms with Crippen molar-refractivity contribution in [2.75, 3.05) is 30.5 Å². The molecule has 1 heterocycles. The summed E-state index contributed by atoms with van der Waals surface area (Å²) in [5.41, 5.74) is 2.56. The summed E-state index contributed by atoms with van der Waals surface area (Å²) in [6, 6.07) is 16.2. The highest BCUT2D eigenvalue weighted by molar-refractivity contribution is 7.99. The van der Waals surface area contributed by atoms with E-state index < -0.39 is 18.5 Å². The molecule has 3 rings (SSSR count). The summed E-state index contributed by atoms with van der Waals surface area (Å²) < 4.78 is 68.1. The molecule has 0 fully saturated rings. The zero-order valence-corrected chi connectivity index (χ0v) is 25.4. The molecule has 40 heavy (non-hydrogen) atoms. The highest BCUT2D eigenvalue weighted by Crippen LogP contribution is 2.51. The molecule has 0 radical (unpaired) electrons. The van der Waals surface area contributed by atoms with Gasteiger partial charge in [0.25, 0.3) is 0 Å². The van der Waals surface area contributed by atoms with Crippen LogP contribution in [0.25, 0.3) is 0 Å². The van der Waals surface area contributed by atoms with E-state index in [9.17, 15) is 27.1 Å². The number of aromatic hydroxyl groups is 1. The fraction of sp³-hybridized carbons (Fsp3) is 0.613. The van der Waals surface area contributed by atoms with Crippen molar-refractivity contribution < 1.29 is 31.8 Å². The van der Waals surface area contributed by atoms with E-state index in [1.54, 1.807) is 12.1 Å². The molecule has 1 aliphatic heterocycles. The van der Waals surface area contributed by atoms with Crippen LogP contribution in [0.15, 0.2) is 53.4 Å².